The molecule has 1 aliphatic heterocycles. The largest absolute Gasteiger partial charge is 0.394 e. The molecule has 1 amide bonds. The van der Waals surface area contributed by atoms with Crippen molar-refractivity contribution in [2.24, 2.45) is 5.41 Å². The molecule has 1 saturated heterocycles. The van der Waals surface area contributed by atoms with Crippen LogP contribution in [0, 0.1) is 5.41 Å². The fourth-order valence-electron chi connectivity index (χ4n) is 4.12. The first-order valence-corrected chi connectivity index (χ1v) is 13.3. The predicted octanol–water partition coefficient (Wildman–Crippen LogP) is 1.73. The number of rotatable bonds is 5. The molecule has 8 nitrogen and oxygen atoms in total. The molecule has 3 rings (SSSR count). The van der Waals surface area contributed by atoms with Crippen molar-refractivity contribution in [1.29, 1.82) is 0 Å². The third-order valence-corrected chi connectivity index (χ3v) is 8.68. The van der Waals surface area contributed by atoms with Crippen LogP contribution in [0.1, 0.15) is 37.6 Å². The molecule has 9 heteroatoms. The summed E-state index contributed by atoms with van der Waals surface area (Å²) in [5, 5.41) is 23.0. The monoisotopic (exact) mass is 445 g/mol. The molecule has 0 saturated carbocycles. The zero-order chi connectivity index (χ0) is 23.0. The number of carbonyl (C=O) groups excluding carboxylic acids is 1. The van der Waals surface area contributed by atoms with Crippen molar-refractivity contribution in [3.05, 3.63) is 58.6 Å². The van der Waals surface area contributed by atoms with Gasteiger partial charge in [-0.15, -0.1) is 0 Å². The summed E-state index contributed by atoms with van der Waals surface area (Å²) in [6.07, 6.45) is 0.897. The quantitative estimate of drug-likeness (QED) is 0.604. The highest BCUT2D eigenvalue weighted by Crippen LogP contribution is 2.50. The van der Waals surface area contributed by atoms with Gasteiger partial charge in [-0.1, -0.05) is 52.1 Å². The molecule has 1 aliphatic rings. The second-order valence-electron chi connectivity index (χ2n) is 9.43. The Kier molecular flexibility index (Phi) is 6.25. The van der Waals surface area contributed by atoms with Crippen LogP contribution >= 0.6 is 0 Å². The van der Waals surface area contributed by atoms with Gasteiger partial charge >= 0.3 is 5.69 Å². The number of aromatic nitrogens is 2. The van der Waals surface area contributed by atoms with Gasteiger partial charge < -0.3 is 20.3 Å². The SMILES string of the molecule is C[SiH](C)[C@]1(n2ccc(NC(=O)c3ccccc3)nc2=O)C[C@@](O)(C(C)(C)C)[C@@H](CO)O1. The van der Waals surface area contributed by atoms with E-state index in [1.165, 1.54) is 4.57 Å². The molecule has 31 heavy (non-hydrogen) atoms. The van der Waals surface area contributed by atoms with Gasteiger partial charge in [-0.05, 0) is 23.6 Å². The molecule has 0 aliphatic carbocycles. The Hall–Kier alpha value is -2.33. The molecule has 3 N–H and O–H groups in total. The van der Waals surface area contributed by atoms with Crippen molar-refractivity contribution in [2.45, 2.75) is 57.3 Å². The first-order valence-electron chi connectivity index (χ1n) is 10.4. The van der Waals surface area contributed by atoms with Crippen LogP contribution in [0.15, 0.2) is 47.4 Å². The number of hydrogen-bond donors (Lipinski definition) is 3. The molecule has 1 aromatic heterocycles. The van der Waals surface area contributed by atoms with Gasteiger partial charge in [0.25, 0.3) is 5.91 Å². The maximum absolute atomic E-state index is 13.0. The molecular formula is C22H31N3O5Si. The summed E-state index contributed by atoms with van der Waals surface area (Å²) >= 11 is 0. The Morgan fingerprint density at radius 3 is 2.42 bits per heavy atom. The fourth-order valence-corrected chi connectivity index (χ4v) is 6.03. The standard InChI is InChI=1S/C22H31N3O5Si/c1-20(2,3)21(29)14-22(31(4)5,30-16(21)13-26)25-12-11-17(24-19(25)28)23-18(27)15-9-7-6-8-10-15/h6-12,16,26,29,31H,13-14H2,1-5H3,(H,23,24,27,28)/t16-,21+,22+/m1/s1. The predicted molar refractivity (Wildman–Crippen MR) is 121 cm³/mol. The Morgan fingerprint density at radius 1 is 1.29 bits per heavy atom. The molecule has 1 aromatic carbocycles. The number of benzene rings is 1. The van der Waals surface area contributed by atoms with E-state index in [4.69, 9.17) is 4.74 Å². The normalized spacial score (nSPS) is 26.3. The molecular weight excluding hydrogens is 414 g/mol. The lowest BCUT2D eigenvalue weighted by Gasteiger charge is -2.40. The van der Waals surface area contributed by atoms with Crippen LogP contribution in [-0.4, -0.2) is 52.8 Å². The van der Waals surface area contributed by atoms with Crippen molar-refractivity contribution in [3.8, 4) is 0 Å². The van der Waals surface area contributed by atoms with E-state index in [2.05, 4.69) is 10.3 Å². The zero-order valence-corrected chi connectivity index (χ0v) is 19.8. The van der Waals surface area contributed by atoms with Gasteiger partial charge in [-0.25, -0.2) is 4.79 Å². The van der Waals surface area contributed by atoms with Gasteiger partial charge in [0.05, 0.1) is 15.4 Å². The zero-order valence-electron chi connectivity index (χ0n) is 18.6. The summed E-state index contributed by atoms with van der Waals surface area (Å²) < 4.78 is 7.67. The van der Waals surface area contributed by atoms with Crippen LogP contribution in [0.5, 0.6) is 0 Å². The number of aliphatic hydroxyl groups is 2. The molecule has 0 radical (unpaired) electrons. The molecule has 1 fully saturated rings. The topological polar surface area (TPSA) is 114 Å². The van der Waals surface area contributed by atoms with E-state index >= 15 is 0 Å². The minimum atomic E-state index is -1.77. The Labute approximate surface area is 183 Å². The second kappa shape index (κ2) is 8.31. The second-order valence-corrected chi connectivity index (χ2v) is 12.6. The number of nitrogens with one attached hydrogen (secondary N) is 1. The molecule has 2 aromatic rings. The van der Waals surface area contributed by atoms with Crippen LogP contribution in [0.25, 0.3) is 0 Å². The Bertz CT molecular complexity index is 1000. The van der Waals surface area contributed by atoms with E-state index in [0.717, 1.165) is 0 Å². The fraction of sp³-hybridized carbons (Fsp3) is 0.500. The van der Waals surface area contributed by atoms with E-state index in [1.54, 1.807) is 36.5 Å². The van der Waals surface area contributed by atoms with Crippen molar-refractivity contribution < 1.29 is 19.7 Å². The smallest absolute Gasteiger partial charge is 0.351 e. The average Bonchev–Trinajstić information content (AvgIpc) is 3.03. The van der Waals surface area contributed by atoms with E-state index < -0.39 is 37.0 Å². The maximum atomic E-state index is 13.0. The third-order valence-electron chi connectivity index (χ3n) is 6.26. The summed E-state index contributed by atoms with van der Waals surface area (Å²) in [6.45, 7) is 9.37. The molecule has 0 unspecified atom stereocenters. The molecule has 168 valence electrons. The van der Waals surface area contributed by atoms with Gasteiger partial charge in [0.2, 0.25) is 0 Å². The highest BCUT2D eigenvalue weighted by molar-refractivity contribution is 6.58. The van der Waals surface area contributed by atoms with Gasteiger partial charge in [-0.3, -0.25) is 9.36 Å². The van der Waals surface area contributed by atoms with E-state index in [0.29, 0.717) is 5.56 Å². The van der Waals surface area contributed by atoms with E-state index in [-0.39, 0.29) is 24.8 Å². The summed E-state index contributed by atoms with van der Waals surface area (Å²) in [5.41, 5.74) is -2.02. The number of nitrogens with zero attached hydrogens (tertiary/aromatic N) is 2. The number of carbonyl (C=O) groups is 1. The lowest BCUT2D eigenvalue weighted by molar-refractivity contribution is -0.134. The van der Waals surface area contributed by atoms with Crippen LogP contribution in [0.4, 0.5) is 5.82 Å². The first-order chi connectivity index (χ1) is 14.4. The summed E-state index contributed by atoms with van der Waals surface area (Å²) in [4.78, 5) is 29.4. The average molecular weight is 446 g/mol. The number of aliphatic hydroxyl groups excluding tert-OH is 1. The van der Waals surface area contributed by atoms with Crippen molar-refractivity contribution >= 4 is 20.5 Å². The van der Waals surface area contributed by atoms with Gasteiger partial charge in [0.1, 0.15) is 22.9 Å². The van der Waals surface area contributed by atoms with Crippen LogP contribution in [-0.2, 0) is 10.1 Å². The molecule has 2 heterocycles. The molecule has 3 atom stereocenters. The Morgan fingerprint density at radius 2 is 1.94 bits per heavy atom. The van der Waals surface area contributed by atoms with E-state index in [1.807, 2.05) is 39.9 Å². The highest BCUT2D eigenvalue weighted by Gasteiger charge is 2.62. The number of anilines is 1. The minimum Gasteiger partial charge on any atom is -0.394 e. The highest BCUT2D eigenvalue weighted by atomic mass is 28.3. The summed E-state index contributed by atoms with van der Waals surface area (Å²) in [7, 11) is -1.77. The van der Waals surface area contributed by atoms with Crippen molar-refractivity contribution in [1.82, 2.24) is 9.55 Å². The van der Waals surface area contributed by atoms with Gasteiger partial charge in [0.15, 0.2) is 0 Å². The molecule has 0 bridgehead atoms. The lowest BCUT2D eigenvalue weighted by Crippen LogP contribution is -2.53. The summed E-state index contributed by atoms with van der Waals surface area (Å²) in [5.74, 6) is -0.226. The van der Waals surface area contributed by atoms with E-state index in [9.17, 15) is 19.8 Å². The number of amides is 1. The third kappa shape index (κ3) is 4.10. The minimum absolute atomic E-state index is 0.137. The summed E-state index contributed by atoms with van der Waals surface area (Å²) in [6, 6.07) is 10.2. The van der Waals surface area contributed by atoms with Crippen LogP contribution in [0.3, 0.4) is 0 Å². The number of ether oxygens (including phenoxy) is 1. The Balaban J connectivity index is 1.97. The number of hydrogen-bond acceptors (Lipinski definition) is 6. The maximum Gasteiger partial charge on any atom is 0.351 e. The van der Waals surface area contributed by atoms with Gasteiger partial charge in [-0.2, -0.15) is 4.98 Å². The van der Waals surface area contributed by atoms with Crippen molar-refractivity contribution in [3.63, 3.8) is 0 Å². The van der Waals surface area contributed by atoms with Crippen molar-refractivity contribution in [2.75, 3.05) is 11.9 Å². The molecule has 0 spiro atoms. The lowest BCUT2D eigenvalue weighted by atomic mass is 9.72. The van der Waals surface area contributed by atoms with Crippen LogP contribution < -0.4 is 11.0 Å². The first kappa shape index (κ1) is 23.3. The van der Waals surface area contributed by atoms with Crippen LogP contribution in [0.2, 0.25) is 13.1 Å². The van der Waals surface area contributed by atoms with Gasteiger partial charge in [0, 0.05) is 18.2 Å².